The Bertz CT molecular complexity index is 747. The number of hydrazine groups is 1. The van der Waals surface area contributed by atoms with Crippen LogP contribution in [0.3, 0.4) is 0 Å². The molecule has 3 N–H and O–H groups in total. The monoisotopic (exact) mass is 330 g/mol. The molecule has 0 saturated carbocycles. The average molecular weight is 331 g/mol. The Balaban J connectivity index is 1.92. The van der Waals surface area contributed by atoms with Crippen LogP contribution >= 0.6 is 11.6 Å². The zero-order valence-electron chi connectivity index (χ0n) is 12.4. The molecule has 0 aliphatic carbocycles. The Hall–Kier alpha value is -2.86. The van der Waals surface area contributed by atoms with E-state index in [1.807, 2.05) is 0 Å². The van der Waals surface area contributed by atoms with Gasteiger partial charge in [-0.05, 0) is 36.8 Å². The maximum Gasteiger partial charge on any atom is 0.327 e. The Morgan fingerprint density at radius 3 is 2.48 bits per heavy atom. The lowest BCUT2D eigenvalue weighted by Gasteiger charge is -2.12. The number of hydrogen-bond donors (Lipinski definition) is 3. The molecule has 0 saturated heterocycles. The van der Waals surface area contributed by atoms with Crippen LogP contribution in [-0.2, 0) is 9.59 Å². The minimum atomic E-state index is -0.848. The lowest BCUT2D eigenvalue weighted by molar-refractivity contribution is -0.136. The van der Waals surface area contributed by atoms with Gasteiger partial charge >= 0.3 is 11.8 Å². The van der Waals surface area contributed by atoms with Crippen molar-refractivity contribution in [2.24, 2.45) is 0 Å². The van der Waals surface area contributed by atoms with E-state index in [4.69, 9.17) is 11.6 Å². The molecular formula is C16H15ClN4O2. The quantitative estimate of drug-likeness (QED) is 0.593. The predicted molar refractivity (Wildman–Crippen MR) is 89.4 cm³/mol. The second kappa shape index (κ2) is 7.42. The topological polar surface area (TPSA) is 83.1 Å². The molecule has 7 heteroatoms. The average Bonchev–Trinajstić information content (AvgIpc) is 2.57. The van der Waals surface area contributed by atoms with Gasteiger partial charge in [-0.3, -0.25) is 25.4 Å². The van der Waals surface area contributed by atoms with Gasteiger partial charge in [-0.2, -0.15) is 0 Å². The molecule has 2 aromatic rings. The van der Waals surface area contributed by atoms with E-state index in [0.717, 1.165) is 5.56 Å². The van der Waals surface area contributed by atoms with Crippen molar-refractivity contribution in [1.29, 1.82) is 0 Å². The highest BCUT2D eigenvalue weighted by atomic mass is 35.5. The highest BCUT2D eigenvalue weighted by Crippen LogP contribution is 2.22. The first-order valence-electron chi connectivity index (χ1n) is 6.71. The largest absolute Gasteiger partial charge is 0.327 e. The molecule has 0 aliphatic heterocycles. The molecule has 0 unspecified atom stereocenters. The third-order valence-electron chi connectivity index (χ3n) is 3.08. The van der Waals surface area contributed by atoms with Crippen molar-refractivity contribution in [2.45, 2.75) is 6.92 Å². The molecule has 23 heavy (non-hydrogen) atoms. The molecule has 0 bridgehead atoms. The van der Waals surface area contributed by atoms with Crippen LogP contribution in [0.2, 0.25) is 5.02 Å². The van der Waals surface area contributed by atoms with Crippen LogP contribution in [0.15, 0.2) is 49.3 Å². The molecule has 2 rings (SSSR count). The molecule has 0 fully saturated rings. The lowest BCUT2D eigenvalue weighted by atomic mass is 10.2. The summed E-state index contributed by atoms with van der Waals surface area (Å²) in [6, 6.07) is 8.49. The highest BCUT2D eigenvalue weighted by molar-refractivity contribution is 6.40. The van der Waals surface area contributed by atoms with Crippen molar-refractivity contribution in [3.8, 4) is 0 Å². The summed E-state index contributed by atoms with van der Waals surface area (Å²) < 4.78 is 0. The molecule has 0 atom stereocenters. The normalized spacial score (nSPS) is 9.83. The molecule has 1 aromatic carbocycles. The van der Waals surface area contributed by atoms with Gasteiger partial charge in [0, 0.05) is 28.7 Å². The summed E-state index contributed by atoms with van der Waals surface area (Å²) in [4.78, 5) is 27.6. The third kappa shape index (κ3) is 4.31. The number of aromatic nitrogens is 1. The van der Waals surface area contributed by atoms with E-state index >= 15 is 0 Å². The predicted octanol–water partition coefficient (Wildman–Crippen LogP) is 2.27. The van der Waals surface area contributed by atoms with Gasteiger partial charge in [0.2, 0.25) is 0 Å². The molecule has 1 heterocycles. The summed E-state index contributed by atoms with van der Waals surface area (Å²) in [5.41, 5.74) is 7.21. The van der Waals surface area contributed by atoms with Crippen LogP contribution in [0.1, 0.15) is 11.1 Å². The van der Waals surface area contributed by atoms with Gasteiger partial charge in [0.05, 0.1) is 5.70 Å². The van der Waals surface area contributed by atoms with Crippen LogP contribution in [0.5, 0.6) is 0 Å². The SMILES string of the molecule is C=C(NNC(=O)C(=O)Nc1cccc(Cl)c1C)c1ccncc1. The third-order valence-corrected chi connectivity index (χ3v) is 3.49. The summed E-state index contributed by atoms with van der Waals surface area (Å²) in [5.74, 6) is -1.66. The van der Waals surface area contributed by atoms with Crippen molar-refractivity contribution in [3.63, 3.8) is 0 Å². The smallest absolute Gasteiger partial charge is 0.317 e. The Labute approximate surface area is 138 Å². The number of amides is 2. The van der Waals surface area contributed by atoms with Gasteiger partial charge in [-0.15, -0.1) is 0 Å². The van der Waals surface area contributed by atoms with Crippen LogP contribution in [0, 0.1) is 6.92 Å². The van der Waals surface area contributed by atoms with E-state index < -0.39 is 11.8 Å². The fourth-order valence-corrected chi connectivity index (χ4v) is 1.91. The van der Waals surface area contributed by atoms with Crippen LogP contribution in [-0.4, -0.2) is 16.8 Å². The molecule has 1 aromatic heterocycles. The van der Waals surface area contributed by atoms with Crippen molar-refractivity contribution >= 4 is 34.8 Å². The maximum atomic E-state index is 11.9. The molecule has 0 spiro atoms. The van der Waals surface area contributed by atoms with E-state index in [1.165, 1.54) is 0 Å². The summed E-state index contributed by atoms with van der Waals surface area (Å²) >= 11 is 5.97. The number of hydrogen-bond acceptors (Lipinski definition) is 4. The second-order valence-corrected chi connectivity index (χ2v) is 5.07. The Morgan fingerprint density at radius 2 is 1.78 bits per heavy atom. The summed E-state index contributed by atoms with van der Waals surface area (Å²) in [6.07, 6.45) is 3.19. The summed E-state index contributed by atoms with van der Waals surface area (Å²) in [5, 5.41) is 3.01. The van der Waals surface area contributed by atoms with E-state index in [0.29, 0.717) is 22.0 Å². The molecule has 0 radical (unpaired) electrons. The van der Waals surface area contributed by atoms with Crippen LogP contribution in [0.25, 0.3) is 5.70 Å². The number of nitrogens with zero attached hydrogens (tertiary/aromatic N) is 1. The number of carbonyl (C=O) groups is 2. The van der Waals surface area contributed by atoms with Gasteiger partial charge < -0.3 is 5.32 Å². The second-order valence-electron chi connectivity index (χ2n) is 4.66. The number of nitrogens with one attached hydrogen (secondary N) is 3. The number of anilines is 1. The number of carbonyl (C=O) groups excluding carboxylic acids is 2. The Morgan fingerprint density at radius 1 is 1.09 bits per heavy atom. The van der Waals surface area contributed by atoms with Gasteiger partial charge in [0.1, 0.15) is 0 Å². The first-order valence-corrected chi connectivity index (χ1v) is 7.08. The zero-order chi connectivity index (χ0) is 16.8. The van der Waals surface area contributed by atoms with E-state index in [-0.39, 0.29) is 0 Å². The van der Waals surface area contributed by atoms with Gasteiger partial charge in [-0.25, -0.2) is 0 Å². The highest BCUT2D eigenvalue weighted by Gasteiger charge is 2.15. The molecular weight excluding hydrogens is 316 g/mol. The number of rotatable bonds is 4. The van der Waals surface area contributed by atoms with E-state index in [1.54, 1.807) is 49.6 Å². The van der Waals surface area contributed by atoms with E-state index in [2.05, 4.69) is 27.7 Å². The van der Waals surface area contributed by atoms with Gasteiger partial charge in [-0.1, -0.05) is 24.2 Å². The molecule has 2 amide bonds. The van der Waals surface area contributed by atoms with Crippen molar-refractivity contribution in [3.05, 3.63) is 65.5 Å². The van der Waals surface area contributed by atoms with Crippen molar-refractivity contribution in [1.82, 2.24) is 15.8 Å². The molecule has 0 aliphatic rings. The minimum absolute atomic E-state index is 0.437. The first kappa shape index (κ1) is 16.5. The Kier molecular flexibility index (Phi) is 5.32. The standard InChI is InChI=1S/C16H15ClN4O2/c1-10-13(17)4-3-5-14(10)19-15(22)16(23)21-20-11(2)12-6-8-18-9-7-12/h3-9,20H,2H2,1H3,(H,19,22)(H,21,23). The maximum absolute atomic E-state index is 11.9. The lowest BCUT2D eigenvalue weighted by Crippen LogP contribution is -2.42. The molecule has 118 valence electrons. The summed E-state index contributed by atoms with van der Waals surface area (Å²) in [7, 11) is 0. The zero-order valence-corrected chi connectivity index (χ0v) is 13.1. The van der Waals surface area contributed by atoms with Crippen molar-refractivity contribution in [2.75, 3.05) is 5.32 Å². The minimum Gasteiger partial charge on any atom is -0.317 e. The fourth-order valence-electron chi connectivity index (χ4n) is 1.74. The van der Waals surface area contributed by atoms with Gasteiger partial charge in [0.25, 0.3) is 0 Å². The van der Waals surface area contributed by atoms with Gasteiger partial charge in [0.15, 0.2) is 0 Å². The first-order chi connectivity index (χ1) is 11.0. The number of halogens is 1. The number of benzene rings is 1. The van der Waals surface area contributed by atoms with E-state index in [9.17, 15) is 9.59 Å². The molecule has 6 nitrogen and oxygen atoms in total. The van der Waals surface area contributed by atoms with Crippen LogP contribution < -0.4 is 16.2 Å². The summed E-state index contributed by atoms with van der Waals surface area (Å²) in [6.45, 7) is 5.51. The van der Waals surface area contributed by atoms with Crippen molar-refractivity contribution < 1.29 is 9.59 Å². The number of pyridine rings is 1. The fraction of sp³-hybridized carbons (Fsp3) is 0.0625. The van der Waals surface area contributed by atoms with Crippen LogP contribution in [0.4, 0.5) is 5.69 Å².